The highest BCUT2D eigenvalue weighted by molar-refractivity contribution is 6.09. The van der Waals surface area contributed by atoms with Crippen LogP contribution in [0, 0.1) is 6.92 Å². The number of amides is 1. The third-order valence-corrected chi connectivity index (χ3v) is 8.69. The van der Waals surface area contributed by atoms with E-state index in [0.29, 0.717) is 12.6 Å². The van der Waals surface area contributed by atoms with Gasteiger partial charge in [-0.05, 0) is 70.4 Å². The van der Waals surface area contributed by atoms with Crippen LogP contribution in [0.15, 0.2) is 78.9 Å². The van der Waals surface area contributed by atoms with Crippen LogP contribution in [0.4, 0.5) is 0 Å². The molecule has 2 saturated heterocycles. The van der Waals surface area contributed by atoms with Gasteiger partial charge in [-0.2, -0.15) is 0 Å². The Balaban J connectivity index is 1.33. The summed E-state index contributed by atoms with van der Waals surface area (Å²) in [6, 6.07) is 27.5. The first-order valence-corrected chi connectivity index (χ1v) is 14.9. The molecule has 4 aromatic rings. The van der Waals surface area contributed by atoms with Crippen LogP contribution >= 0.6 is 0 Å². The number of aryl methyl sites for hydroxylation is 1. The fourth-order valence-corrected chi connectivity index (χ4v) is 6.43. The molecule has 206 valence electrons. The summed E-state index contributed by atoms with van der Waals surface area (Å²) in [4.78, 5) is 24.5. The van der Waals surface area contributed by atoms with Crippen molar-refractivity contribution < 1.29 is 4.79 Å². The number of carbonyl (C=O) groups excluding carboxylic acids is 1. The molecule has 6 rings (SSSR count). The first-order valence-electron chi connectivity index (χ1n) is 14.9. The lowest BCUT2D eigenvalue weighted by atomic mass is 9.94. The van der Waals surface area contributed by atoms with Crippen molar-refractivity contribution in [1.82, 2.24) is 20.1 Å². The second kappa shape index (κ2) is 12.3. The molecule has 40 heavy (non-hydrogen) atoms. The van der Waals surface area contributed by atoms with Gasteiger partial charge < -0.3 is 10.2 Å². The van der Waals surface area contributed by atoms with Gasteiger partial charge in [0.15, 0.2) is 0 Å². The Kier molecular flexibility index (Phi) is 8.22. The summed E-state index contributed by atoms with van der Waals surface area (Å²) in [6.45, 7) is 7.90. The number of piperidine rings is 2. The SMILES string of the molecule is Cc1ccc(CNC(=O)c2c(CN3CCC(N4CCCCC4)CC3)c(-c3ccccc3)nc3ccccc23)cc1. The molecule has 1 aromatic heterocycles. The molecule has 0 bridgehead atoms. The molecule has 0 aliphatic carbocycles. The van der Waals surface area contributed by atoms with Gasteiger partial charge in [0.25, 0.3) is 5.91 Å². The Morgan fingerprint density at radius 3 is 2.30 bits per heavy atom. The van der Waals surface area contributed by atoms with Crippen LogP contribution in [-0.2, 0) is 13.1 Å². The lowest BCUT2D eigenvalue weighted by molar-refractivity contribution is 0.0885. The van der Waals surface area contributed by atoms with E-state index in [0.717, 1.165) is 58.5 Å². The summed E-state index contributed by atoms with van der Waals surface area (Å²) in [7, 11) is 0. The largest absolute Gasteiger partial charge is 0.348 e. The zero-order valence-corrected chi connectivity index (χ0v) is 23.6. The number of rotatable bonds is 7. The van der Waals surface area contributed by atoms with Crippen LogP contribution in [-0.4, -0.2) is 52.9 Å². The van der Waals surface area contributed by atoms with Gasteiger partial charge >= 0.3 is 0 Å². The quantitative estimate of drug-likeness (QED) is 0.292. The molecule has 5 heteroatoms. The smallest absolute Gasteiger partial charge is 0.252 e. The number of hydrogen-bond donors (Lipinski definition) is 1. The van der Waals surface area contributed by atoms with Gasteiger partial charge in [0.2, 0.25) is 0 Å². The Morgan fingerprint density at radius 2 is 1.55 bits per heavy atom. The Bertz CT molecular complexity index is 1440. The Labute approximate surface area is 238 Å². The zero-order chi connectivity index (χ0) is 27.3. The van der Waals surface area contributed by atoms with Gasteiger partial charge in [0.05, 0.1) is 16.8 Å². The van der Waals surface area contributed by atoms with Crippen molar-refractivity contribution in [1.29, 1.82) is 0 Å². The van der Waals surface area contributed by atoms with Gasteiger partial charge in [0.1, 0.15) is 0 Å². The minimum absolute atomic E-state index is 0.0328. The number of hydrogen-bond acceptors (Lipinski definition) is 4. The summed E-state index contributed by atoms with van der Waals surface area (Å²) >= 11 is 0. The minimum Gasteiger partial charge on any atom is -0.348 e. The molecule has 1 amide bonds. The van der Waals surface area contributed by atoms with Crippen molar-refractivity contribution >= 4 is 16.8 Å². The van der Waals surface area contributed by atoms with Gasteiger partial charge in [-0.25, -0.2) is 4.98 Å². The molecule has 0 saturated carbocycles. The van der Waals surface area contributed by atoms with E-state index >= 15 is 0 Å². The van der Waals surface area contributed by atoms with Crippen molar-refractivity contribution in [2.45, 2.75) is 58.2 Å². The minimum atomic E-state index is -0.0328. The van der Waals surface area contributed by atoms with Crippen LogP contribution in [0.2, 0.25) is 0 Å². The number of fused-ring (bicyclic) bond motifs is 1. The summed E-state index contributed by atoms with van der Waals surface area (Å²) < 4.78 is 0. The maximum absolute atomic E-state index is 14.0. The summed E-state index contributed by atoms with van der Waals surface area (Å²) in [6.07, 6.45) is 6.43. The van der Waals surface area contributed by atoms with Crippen molar-refractivity contribution in [3.05, 3.63) is 101 Å². The summed E-state index contributed by atoms with van der Waals surface area (Å²) in [5.41, 5.74) is 6.93. The highest BCUT2D eigenvalue weighted by Gasteiger charge is 2.28. The molecule has 1 N–H and O–H groups in total. The van der Waals surface area contributed by atoms with Gasteiger partial charge in [0, 0.05) is 35.6 Å². The predicted molar refractivity (Wildman–Crippen MR) is 163 cm³/mol. The average Bonchev–Trinajstić information content (AvgIpc) is 3.01. The number of carbonyl (C=O) groups is 1. The van der Waals surface area contributed by atoms with Gasteiger partial charge in [-0.1, -0.05) is 84.8 Å². The number of para-hydroxylation sites is 1. The van der Waals surface area contributed by atoms with E-state index in [-0.39, 0.29) is 5.91 Å². The van der Waals surface area contributed by atoms with E-state index in [1.54, 1.807) is 0 Å². The monoisotopic (exact) mass is 532 g/mol. The zero-order valence-electron chi connectivity index (χ0n) is 23.6. The maximum Gasteiger partial charge on any atom is 0.252 e. The van der Waals surface area contributed by atoms with Crippen molar-refractivity contribution in [3.63, 3.8) is 0 Å². The van der Waals surface area contributed by atoms with E-state index in [1.807, 2.05) is 30.3 Å². The standard InChI is InChI=1S/C35H40N4O/c1-26-14-16-27(17-15-26)24-36-35(40)33-30-12-6-7-13-32(30)37-34(28-10-4-2-5-11-28)31(33)25-38-22-18-29(19-23-38)39-20-8-3-9-21-39/h2,4-7,10-17,29H,3,8-9,18-25H2,1H3,(H,36,40). The van der Waals surface area contributed by atoms with Crippen molar-refractivity contribution in [2.24, 2.45) is 0 Å². The number of nitrogens with one attached hydrogen (secondary N) is 1. The molecular weight excluding hydrogens is 492 g/mol. The van der Waals surface area contributed by atoms with E-state index in [1.165, 1.54) is 50.8 Å². The van der Waals surface area contributed by atoms with Crippen LogP contribution in [0.25, 0.3) is 22.2 Å². The van der Waals surface area contributed by atoms with Crippen LogP contribution in [0.3, 0.4) is 0 Å². The van der Waals surface area contributed by atoms with E-state index in [2.05, 4.69) is 70.6 Å². The highest BCUT2D eigenvalue weighted by atomic mass is 16.1. The lowest BCUT2D eigenvalue weighted by Gasteiger charge is -2.40. The average molecular weight is 533 g/mol. The lowest BCUT2D eigenvalue weighted by Crippen LogP contribution is -2.46. The third kappa shape index (κ3) is 5.96. The Hall–Kier alpha value is -3.54. The van der Waals surface area contributed by atoms with Gasteiger partial charge in [-0.3, -0.25) is 9.69 Å². The molecule has 3 aromatic carbocycles. The second-order valence-corrected chi connectivity index (χ2v) is 11.5. The topological polar surface area (TPSA) is 48.5 Å². The van der Waals surface area contributed by atoms with E-state index in [4.69, 9.17) is 4.98 Å². The normalized spacial score (nSPS) is 17.2. The third-order valence-electron chi connectivity index (χ3n) is 8.69. The molecule has 2 aliphatic rings. The molecule has 0 atom stereocenters. The number of nitrogens with zero attached hydrogens (tertiary/aromatic N) is 3. The number of aromatic nitrogens is 1. The first-order chi connectivity index (χ1) is 19.7. The number of pyridine rings is 1. The van der Waals surface area contributed by atoms with Crippen LogP contribution in [0.1, 0.15) is 59.2 Å². The number of benzene rings is 3. The van der Waals surface area contributed by atoms with Crippen molar-refractivity contribution in [2.75, 3.05) is 26.2 Å². The molecule has 2 fully saturated rings. The Morgan fingerprint density at radius 1 is 0.850 bits per heavy atom. The van der Waals surface area contributed by atoms with Crippen molar-refractivity contribution in [3.8, 4) is 11.3 Å². The fraction of sp³-hybridized carbons (Fsp3) is 0.371. The fourth-order valence-electron chi connectivity index (χ4n) is 6.43. The molecule has 3 heterocycles. The van der Waals surface area contributed by atoms with E-state index < -0.39 is 0 Å². The predicted octanol–water partition coefficient (Wildman–Crippen LogP) is 6.59. The molecule has 0 unspecified atom stereocenters. The van der Waals surface area contributed by atoms with Crippen LogP contribution < -0.4 is 5.32 Å². The van der Waals surface area contributed by atoms with E-state index in [9.17, 15) is 4.79 Å². The van der Waals surface area contributed by atoms with Gasteiger partial charge in [-0.15, -0.1) is 0 Å². The maximum atomic E-state index is 14.0. The summed E-state index contributed by atoms with van der Waals surface area (Å²) in [5, 5.41) is 4.16. The van der Waals surface area contributed by atoms with Crippen LogP contribution in [0.5, 0.6) is 0 Å². The summed E-state index contributed by atoms with van der Waals surface area (Å²) in [5.74, 6) is -0.0328. The molecule has 0 spiro atoms. The molecule has 0 radical (unpaired) electrons. The first kappa shape index (κ1) is 26.7. The second-order valence-electron chi connectivity index (χ2n) is 11.5. The molecule has 2 aliphatic heterocycles. The molecular formula is C35H40N4O. The number of likely N-dealkylation sites (tertiary alicyclic amines) is 2. The molecule has 5 nitrogen and oxygen atoms in total. The highest BCUT2D eigenvalue weighted by Crippen LogP contribution is 2.32.